The first-order valence-corrected chi connectivity index (χ1v) is 9.51. The third kappa shape index (κ3) is 8.14. The first kappa shape index (κ1) is 24.4. The van der Waals surface area contributed by atoms with Crippen molar-refractivity contribution in [2.24, 2.45) is 4.99 Å². The predicted octanol–water partition coefficient (Wildman–Crippen LogP) is 3.70. The monoisotopic (exact) mass is 501 g/mol. The maximum Gasteiger partial charge on any atom is 0.269 e. The maximum atomic E-state index is 10.8. The number of aliphatic imine (C=N–C) groups is 1. The van der Waals surface area contributed by atoms with E-state index >= 15 is 0 Å². The number of nitro benzene ring substituents is 1. The zero-order valence-corrected chi connectivity index (χ0v) is 19.3. The van der Waals surface area contributed by atoms with Crippen LogP contribution in [0.5, 0.6) is 0 Å². The summed E-state index contributed by atoms with van der Waals surface area (Å²) in [6, 6.07) is 7.51. The molecule has 0 bridgehead atoms. The van der Waals surface area contributed by atoms with Crippen molar-refractivity contribution < 1.29 is 4.92 Å². The summed E-state index contributed by atoms with van der Waals surface area (Å²) in [6.07, 6.45) is 2.17. The van der Waals surface area contributed by atoms with Gasteiger partial charge in [-0.25, -0.2) is 4.99 Å². The molecule has 156 valence electrons. The average Bonchev–Trinajstić information content (AvgIpc) is 2.64. The second kappa shape index (κ2) is 12.0. The molecule has 1 heterocycles. The molecule has 1 fully saturated rings. The van der Waals surface area contributed by atoms with Crippen molar-refractivity contribution in [1.29, 1.82) is 0 Å². The van der Waals surface area contributed by atoms with Gasteiger partial charge in [0, 0.05) is 43.9 Å². The Balaban J connectivity index is 0.00000392. The summed E-state index contributed by atoms with van der Waals surface area (Å²) in [5, 5.41) is 17.6. The Morgan fingerprint density at radius 3 is 2.43 bits per heavy atom. The molecule has 0 atom stereocenters. The van der Waals surface area contributed by atoms with Crippen molar-refractivity contribution in [1.82, 2.24) is 15.5 Å². The molecule has 0 aromatic heterocycles. The predicted molar refractivity (Wildman–Crippen MR) is 125 cm³/mol. The van der Waals surface area contributed by atoms with Crippen LogP contribution in [0.1, 0.15) is 39.2 Å². The minimum atomic E-state index is -0.391. The maximum absolute atomic E-state index is 10.8. The molecule has 0 radical (unpaired) electrons. The number of likely N-dealkylation sites (tertiary alicyclic amines) is 1. The number of guanidine groups is 1. The molecule has 1 aromatic rings. The molecule has 1 aromatic carbocycles. The van der Waals surface area contributed by atoms with Gasteiger partial charge in [0.15, 0.2) is 5.96 Å². The van der Waals surface area contributed by atoms with Crippen molar-refractivity contribution in [3.8, 4) is 0 Å². The molecule has 1 aliphatic rings. The number of nitrogens with one attached hydrogen (secondary N) is 2. The molecule has 8 heteroatoms. The number of nitrogens with zero attached hydrogens (tertiary/aromatic N) is 3. The molecule has 0 aliphatic carbocycles. The Morgan fingerprint density at radius 1 is 1.32 bits per heavy atom. The highest BCUT2D eigenvalue weighted by Gasteiger charge is 2.21. The average molecular weight is 501 g/mol. The summed E-state index contributed by atoms with van der Waals surface area (Å²) in [6.45, 7) is 13.7. The van der Waals surface area contributed by atoms with Crippen LogP contribution in [0.4, 0.5) is 5.69 Å². The molecule has 1 aliphatic heterocycles. The van der Waals surface area contributed by atoms with Crippen LogP contribution >= 0.6 is 24.0 Å². The number of non-ortho nitro benzene ring substituents is 1. The van der Waals surface area contributed by atoms with Gasteiger partial charge < -0.3 is 15.5 Å². The molecular formula is C20H32IN5O2. The van der Waals surface area contributed by atoms with Gasteiger partial charge in [0.2, 0.25) is 0 Å². The Hall–Kier alpha value is -1.68. The number of piperidine rings is 1. The van der Waals surface area contributed by atoms with Crippen molar-refractivity contribution in [2.75, 3.05) is 19.6 Å². The molecule has 0 amide bonds. The second-order valence-corrected chi connectivity index (χ2v) is 7.45. The first-order chi connectivity index (χ1) is 12.8. The summed E-state index contributed by atoms with van der Waals surface area (Å²) in [7, 11) is 0. The third-order valence-electron chi connectivity index (χ3n) is 4.73. The SMILES string of the molecule is C=C(C)CNC(=NCc1ccc([N+](=O)[O-])cc1)NC1CCN(C(C)C)CC1.I. The summed E-state index contributed by atoms with van der Waals surface area (Å²) < 4.78 is 0. The smallest absolute Gasteiger partial charge is 0.269 e. The van der Waals surface area contributed by atoms with Crippen LogP contribution in [0, 0.1) is 10.1 Å². The Bertz CT molecular complexity index is 668. The van der Waals surface area contributed by atoms with Gasteiger partial charge in [-0.1, -0.05) is 24.3 Å². The lowest BCUT2D eigenvalue weighted by Gasteiger charge is -2.35. The molecule has 2 N–H and O–H groups in total. The van der Waals surface area contributed by atoms with Crippen LogP contribution in [0.2, 0.25) is 0 Å². The van der Waals surface area contributed by atoms with E-state index < -0.39 is 4.92 Å². The minimum Gasteiger partial charge on any atom is -0.354 e. The minimum absolute atomic E-state index is 0. The Morgan fingerprint density at radius 2 is 1.93 bits per heavy atom. The quantitative estimate of drug-likeness (QED) is 0.149. The zero-order chi connectivity index (χ0) is 19.8. The largest absolute Gasteiger partial charge is 0.354 e. The van der Waals surface area contributed by atoms with E-state index in [2.05, 4.69) is 41.0 Å². The highest BCUT2D eigenvalue weighted by molar-refractivity contribution is 14.0. The number of rotatable bonds is 7. The second-order valence-electron chi connectivity index (χ2n) is 7.45. The van der Waals surface area contributed by atoms with Gasteiger partial charge in [-0.2, -0.15) is 0 Å². The van der Waals surface area contributed by atoms with Gasteiger partial charge in [-0.15, -0.1) is 24.0 Å². The topological polar surface area (TPSA) is 82.8 Å². The van der Waals surface area contributed by atoms with Crippen LogP contribution < -0.4 is 10.6 Å². The Kier molecular flexibility index (Phi) is 10.4. The van der Waals surface area contributed by atoms with Gasteiger partial charge in [-0.05, 0) is 39.2 Å². The van der Waals surface area contributed by atoms with Gasteiger partial charge >= 0.3 is 0 Å². The van der Waals surface area contributed by atoms with Crippen LogP contribution in [0.3, 0.4) is 0 Å². The van der Waals surface area contributed by atoms with E-state index in [1.807, 2.05) is 6.92 Å². The van der Waals surface area contributed by atoms with E-state index in [0.29, 0.717) is 25.2 Å². The lowest BCUT2D eigenvalue weighted by Crippen LogP contribution is -2.50. The van der Waals surface area contributed by atoms with Crippen LogP contribution in [0.15, 0.2) is 41.4 Å². The fourth-order valence-electron chi connectivity index (χ4n) is 3.03. The van der Waals surface area contributed by atoms with Gasteiger partial charge in [0.05, 0.1) is 11.5 Å². The first-order valence-electron chi connectivity index (χ1n) is 9.51. The van der Waals surface area contributed by atoms with Crippen LogP contribution in [-0.4, -0.2) is 47.5 Å². The third-order valence-corrected chi connectivity index (χ3v) is 4.73. The lowest BCUT2D eigenvalue weighted by atomic mass is 10.0. The highest BCUT2D eigenvalue weighted by Crippen LogP contribution is 2.14. The van der Waals surface area contributed by atoms with Gasteiger partial charge in [0.1, 0.15) is 0 Å². The van der Waals surface area contributed by atoms with Crippen molar-refractivity contribution >= 4 is 35.6 Å². The fourth-order valence-corrected chi connectivity index (χ4v) is 3.03. The number of hydrogen-bond donors (Lipinski definition) is 2. The van der Waals surface area contributed by atoms with E-state index in [1.165, 1.54) is 12.1 Å². The standard InChI is InChI=1S/C20H31N5O2.HI/c1-15(2)13-21-20(23-18-9-11-24(12-10-18)16(3)4)22-14-17-5-7-19(8-6-17)25(26)27;/h5-8,16,18H,1,9-14H2,2-4H3,(H2,21,22,23);1H. The van der Waals surface area contributed by atoms with Crippen molar-refractivity contribution in [3.05, 3.63) is 52.1 Å². The highest BCUT2D eigenvalue weighted by atomic mass is 127. The lowest BCUT2D eigenvalue weighted by molar-refractivity contribution is -0.384. The summed E-state index contributed by atoms with van der Waals surface area (Å²) in [5.74, 6) is 0.763. The van der Waals surface area contributed by atoms with E-state index in [1.54, 1.807) is 12.1 Å². The zero-order valence-electron chi connectivity index (χ0n) is 17.0. The molecule has 2 rings (SSSR count). The van der Waals surface area contributed by atoms with Crippen molar-refractivity contribution in [3.63, 3.8) is 0 Å². The van der Waals surface area contributed by atoms with Crippen LogP contribution in [-0.2, 0) is 6.54 Å². The molecule has 7 nitrogen and oxygen atoms in total. The number of benzene rings is 1. The molecule has 28 heavy (non-hydrogen) atoms. The molecule has 0 unspecified atom stereocenters. The van der Waals surface area contributed by atoms with Gasteiger partial charge in [0.25, 0.3) is 5.69 Å². The van der Waals surface area contributed by atoms with E-state index in [4.69, 9.17) is 0 Å². The summed E-state index contributed by atoms with van der Waals surface area (Å²) in [4.78, 5) is 17.5. The van der Waals surface area contributed by atoms with E-state index in [-0.39, 0.29) is 29.7 Å². The molecule has 1 saturated heterocycles. The van der Waals surface area contributed by atoms with E-state index in [9.17, 15) is 10.1 Å². The van der Waals surface area contributed by atoms with Crippen LogP contribution in [0.25, 0.3) is 0 Å². The Labute approximate surface area is 184 Å². The number of halogens is 1. The molecule has 0 spiro atoms. The summed E-state index contributed by atoms with van der Waals surface area (Å²) in [5.41, 5.74) is 2.07. The normalized spacial score (nSPS) is 15.8. The summed E-state index contributed by atoms with van der Waals surface area (Å²) >= 11 is 0. The molecular weight excluding hydrogens is 469 g/mol. The number of hydrogen-bond acceptors (Lipinski definition) is 4. The molecule has 0 saturated carbocycles. The number of nitro groups is 1. The van der Waals surface area contributed by atoms with Gasteiger partial charge in [-0.3, -0.25) is 10.1 Å². The van der Waals surface area contributed by atoms with Crippen molar-refractivity contribution in [2.45, 2.75) is 52.2 Å². The van der Waals surface area contributed by atoms with E-state index in [0.717, 1.165) is 43.0 Å². The fraction of sp³-hybridized carbons (Fsp3) is 0.550.